The first-order chi connectivity index (χ1) is 12.7. The molecule has 0 spiro atoms. The third-order valence-corrected chi connectivity index (χ3v) is 5.52. The molecule has 1 saturated heterocycles. The van der Waals surface area contributed by atoms with Gasteiger partial charge in [-0.3, -0.25) is 4.79 Å². The van der Waals surface area contributed by atoms with Gasteiger partial charge in [-0.05, 0) is 31.2 Å². The van der Waals surface area contributed by atoms with E-state index in [0.29, 0.717) is 13.1 Å². The topological polar surface area (TPSA) is 49.3 Å². The Bertz CT molecular complexity index is 901. The molecule has 0 unspecified atom stereocenters. The monoisotopic (exact) mass is 364 g/mol. The van der Waals surface area contributed by atoms with Crippen LogP contribution in [0.1, 0.15) is 16.1 Å². The second kappa shape index (κ2) is 7.25. The van der Waals surface area contributed by atoms with Gasteiger partial charge in [-0.2, -0.15) is 0 Å². The van der Waals surface area contributed by atoms with Crippen molar-refractivity contribution in [3.8, 4) is 10.6 Å². The number of nitrogens with zero attached hydrogens (tertiary/aromatic N) is 4. The SMILES string of the molecule is Cc1csc(-c2cccc(C(=O)N3CCN(c4ccccn4)CC3)c2)n1. The maximum Gasteiger partial charge on any atom is 0.253 e. The molecule has 0 atom stereocenters. The van der Waals surface area contributed by atoms with E-state index in [4.69, 9.17) is 0 Å². The first-order valence-electron chi connectivity index (χ1n) is 8.68. The maximum atomic E-state index is 12.9. The second-order valence-electron chi connectivity index (χ2n) is 6.34. The molecule has 0 bridgehead atoms. The van der Waals surface area contributed by atoms with E-state index >= 15 is 0 Å². The standard InChI is InChI=1S/C20H20N4OS/c1-15-14-26-19(22-15)16-5-4-6-17(13-16)20(25)24-11-9-23(10-12-24)18-7-2-3-8-21-18/h2-8,13-14H,9-12H2,1H3. The third kappa shape index (κ3) is 3.46. The molecule has 1 amide bonds. The molecule has 6 heteroatoms. The van der Waals surface area contributed by atoms with Gasteiger partial charge in [-0.15, -0.1) is 11.3 Å². The summed E-state index contributed by atoms with van der Waals surface area (Å²) in [4.78, 5) is 26.0. The number of anilines is 1. The van der Waals surface area contributed by atoms with E-state index in [2.05, 4.69) is 14.9 Å². The lowest BCUT2D eigenvalue weighted by atomic mass is 10.1. The van der Waals surface area contributed by atoms with Crippen molar-refractivity contribution in [3.05, 3.63) is 65.3 Å². The van der Waals surface area contributed by atoms with Gasteiger partial charge in [0.15, 0.2) is 0 Å². The fourth-order valence-electron chi connectivity index (χ4n) is 3.13. The van der Waals surface area contributed by atoms with Gasteiger partial charge in [0.1, 0.15) is 10.8 Å². The summed E-state index contributed by atoms with van der Waals surface area (Å²) in [6.07, 6.45) is 1.80. The zero-order valence-corrected chi connectivity index (χ0v) is 15.4. The summed E-state index contributed by atoms with van der Waals surface area (Å²) >= 11 is 1.61. The van der Waals surface area contributed by atoms with E-state index in [0.717, 1.165) is 40.7 Å². The van der Waals surface area contributed by atoms with Crippen molar-refractivity contribution in [2.24, 2.45) is 0 Å². The predicted octanol–water partition coefficient (Wildman–Crippen LogP) is 3.48. The molecular weight excluding hydrogens is 344 g/mol. The fourth-order valence-corrected chi connectivity index (χ4v) is 3.93. The molecule has 26 heavy (non-hydrogen) atoms. The maximum absolute atomic E-state index is 12.9. The highest BCUT2D eigenvalue weighted by Gasteiger charge is 2.23. The summed E-state index contributed by atoms with van der Waals surface area (Å²) < 4.78 is 0. The van der Waals surface area contributed by atoms with Crippen LogP contribution in [0.25, 0.3) is 10.6 Å². The van der Waals surface area contributed by atoms with Gasteiger partial charge in [-0.1, -0.05) is 18.2 Å². The Balaban J connectivity index is 1.45. The molecule has 0 aliphatic carbocycles. The van der Waals surface area contributed by atoms with E-state index in [1.165, 1.54) is 0 Å². The molecule has 4 rings (SSSR count). The summed E-state index contributed by atoms with van der Waals surface area (Å²) in [5.41, 5.74) is 2.73. The van der Waals surface area contributed by atoms with Crippen LogP contribution in [0.5, 0.6) is 0 Å². The van der Waals surface area contributed by atoms with Crippen molar-refractivity contribution in [3.63, 3.8) is 0 Å². The summed E-state index contributed by atoms with van der Waals surface area (Å²) in [7, 11) is 0. The van der Waals surface area contributed by atoms with Crippen molar-refractivity contribution in [2.45, 2.75) is 6.92 Å². The largest absolute Gasteiger partial charge is 0.353 e. The zero-order valence-electron chi connectivity index (χ0n) is 14.6. The number of pyridine rings is 1. The number of amides is 1. The lowest BCUT2D eigenvalue weighted by Gasteiger charge is -2.35. The molecule has 2 aromatic heterocycles. The lowest BCUT2D eigenvalue weighted by molar-refractivity contribution is 0.0746. The van der Waals surface area contributed by atoms with Gasteiger partial charge < -0.3 is 9.80 Å². The average Bonchev–Trinajstić information content (AvgIpc) is 3.15. The predicted molar refractivity (Wildman–Crippen MR) is 105 cm³/mol. The van der Waals surface area contributed by atoms with Crippen LogP contribution in [0.3, 0.4) is 0 Å². The Morgan fingerprint density at radius 1 is 1.08 bits per heavy atom. The minimum Gasteiger partial charge on any atom is -0.353 e. The van der Waals surface area contributed by atoms with Gasteiger partial charge >= 0.3 is 0 Å². The number of carbonyl (C=O) groups is 1. The summed E-state index contributed by atoms with van der Waals surface area (Å²) in [6.45, 7) is 4.99. The molecule has 0 N–H and O–H groups in total. The molecule has 1 aliphatic rings. The number of hydrogen-bond donors (Lipinski definition) is 0. The summed E-state index contributed by atoms with van der Waals surface area (Å²) in [5, 5.41) is 2.98. The highest BCUT2D eigenvalue weighted by molar-refractivity contribution is 7.13. The van der Waals surface area contributed by atoms with Crippen LogP contribution < -0.4 is 4.90 Å². The van der Waals surface area contributed by atoms with E-state index in [-0.39, 0.29) is 5.91 Å². The number of aromatic nitrogens is 2. The Morgan fingerprint density at radius 2 is 1.92 bits per heavy atom. The van der Waals surface area contributed by atoms with E-state index in [1.807, 2.05) is 59.7 Å². The normalized spacial score (nSPS) is 14.5. The number of aryl methyl sites for hydroxylation is 1. The number of thiazole rings is 1. The van der Waals surface area contributed by atoms with E-state index < -0.39 is 0 Å². The van der Waals surface area contributed by atoms with Crippen molar-refractivity contribution in [1.29, 1.82) is 0 Å². The molecule has 3 heterocycles. The summed E-state index contributed by atoms with van der Waals surface area (Å²) in [5.74, 6) is 1.06. The van der Waals surface area contributed by atoms with Gasteiger partial charge in [0.2, 0.25) is 0 Å². The van der Waals surface area contributed by atoms with Crippen molar-refractivity contribution in [2.75, 3.05) is 31.1 Å². The van der Waals surface area contributed by atoms with Crippen LogP contribution in [0.4, 0.5) is 5.82 Å². The van der Waals surface area contributed by atoms with Crippen LogP contribution in [-0.4, -0.2) is 47.0 Å². The molecule has 0 radical (unpaired) electrons. The highest BCUT2D eigenvalue weighted by atomic mass is 32.1. The zero-order chi connectivity index (χ0) is 17.9. The second-order valence-corrected chi connectivity index (χ2v) is 7.20. The minimum absolute atomic E-state index is 0.0841. The highest BCUT2D eigenvalue weighted by Crippen LogP contribution is 2.25. The van der Waals surface area contributed by atoms with Gasteiger partial charge in [0.25, 0.3) is 5.91 Å². The average molecular weight is 364 g/mol. The number of benzene rings is 1. The molecule has 5 nitrogen and oxygen atoms in total. The van der Waals surface area contributed by atoms with Crippen molar-refractivity contribution >= 4 is 23.1 Å². The van der Waals surface area contributed by atoms with Crippen LogP contribution in [0.15, 0.2) is 54.0 Å². The van der Waals surface area contributed by atoms with Gasteiger partial charge in [0, 0.05) is 54.6 Å². The molecule has 1 aromatic carbocycles. The Labute approximate surface area is 156 Å². The van der Waals surface area contributed by atoms with Crippen LogP contribution in [0, 0.1) is 6.92 Å². The first-order valence-corrected chi connectivity index (χ1v) is 9.56. The Hall–Kier alpha value is -2.73. The lowest BCUT2D eigenvalue weighted by Crippen LogP contribution is -2.49. The van der Waals surface area contributed by atoms with Crippen molar-refractivity contribution in [1.82, 2.24) is 14.9 Å². The van der Waals surface area contributed by atoms with E-state index in [1.54, 1.807) is 17.5 Å². The van der Waals surface area contributed by atoms with E-state index in [9.17, 15) is 4.79 Å². The molecule has 1 aliphatic heterocycles. The Morgan fingerprint density at radius 3 is 2.62 bits per heavy atom. The number of rotatable bonds is 3. The van der Waals surface area contributed by atoms with Crippen LogP contribution in [0.2, 0.25) is 0 Å². The summed E-state index contributed by atoms with van der Waals surface area (Å²) in [6, 6.07) is 13.7. The molecule has 1 fully saturated rings. The number of carbonyl (C=O) groups excluding carboxylic acids is 1. The van der Waals surface area contributed by atoms with Gasteiger partial charge in [0.05, 0.1) is 0 Å². The molecule has 132 valence electrons. The number of hydrogen-bond acceptors (Lipinski definition) is 5. The third-order valence-electron chi connectivity index (χ3n) is 4.52. The smallest absolute Gasteiger partial charge is 0.253 e. The van der Waals surface area contributed by atoms with Gasteiger partial charge in [-0.25, -0.2) is 9.97 Å². The fraction of sp³-hybridized carbons (Fsp3) is 0.250. The van der Waals surface area contributed by atoms with Crippen LogP contribution in [-0.2, 0) is 0 Å². The quantitative estimate of drug-likeness (QED) is 0.714. The van der Waals surface area contributed by atoms with Crippen LogP contribution >= 0.6 is 11.3 Å². The van der Waals surface area contributed by atoms with Crippen molar-refractivity contribution < 1.29 is 4.79 Å². The Kier molecular flexibility index (Phi) is 4.67. The molecule has 0 saturated carbocycles. The minimum atomic E-state index is 0.0841. The number of piperazine rings is 1. The molecule has 3 aromatic rings. The first kappa shape index (κ1) is 16.7. The molecular formula is C20H20N4OS.